The van der Waals surface area contributed by atoms with Crippen molar-refractivity contribution in [2.75, 3.05) is 20.2 Å². The number of rotatable bonds is 3. The maximum atomic E-state index is 5.45. The van der Waals surface area contributed by atoms with E-state index in [0.717, 1.165) is 5.75 Å². The molecule has 0 aromatic heterocycles. The number of hydrogen-bond donors (Lipinski definition) is 1. The lowest BCUT2D eigenvalue weighted by molar-refractivity contribution is -0.961. The Labute approximate surface area is 123 Å². The van der Waals surface area contributed by atoms with Gasteiger partial charge in [-0.1, -0.05) is 6.07 Å². The lowest BCUT2D eigenvalue weighted by Crippen LogP contribution is -3.19. The highest BCUT2D eigenvalue weighted by molar-refractivity contribution is 5.34. The summed E-state index contributed by atoms with van der Waals surface area (Å²) in [7, 11) is 1.77. The molecule has 1 aliphatic heterocycles. The number of benzene rings is 1. The van der Waals surface area contributed by atoms with E-state index in [2.05, 4.69) is 30.7 Å². The first-order valence-electron chi connectivity index (χ1n) is 8.19. The molecule has 1 aliphatic carbocycles. The predicted molar refractivity (Wildman–Crippen MR) is 82.0 cm³/mol. The highest BCUT2D eigenvalue weighted by Crippen LogP contribution is 2.35. The van der Waals surface area contributed by atoms with Crippen LogP contribution in [0.3, 0.4) is 0 Å². The number of quaternary nitrogens is 1. The topological polar surface area (TPSA) is 13.7 Å². The second kappa shape index (κ2) is 6.09. The van der Waals surface area contributed by atoms with E-state index in [1.54, 1.807) is 12.0 Å². The number of methoxy groups -OCH3 is 1. The van der Waals surface area contributed by atoms with Crippen LogP contribution in [0.15, 0.2) is 24.3 Å². The zero-order chi connectivity index (χ0) is 13.8. The van der Waals surface area contributed by atoms with Gasteiger partial charge in [-0.25, -0.2) is 0 Å². The molecule has 2 nitrogen and oxygen atoms in total. The SMILES string of the molecule is COc1cccc(C2([NH+]3CCCCC3)[CH+]CCCC2)c1. The smallest absolute Gasteiger partial charge is 0.254 e. The van der Waals surface area contributed by atoms with Crippen LogP contribution < -0.4 is 9.64 Å². The average Bonchev–Trinajstić information content (AvgIpc) is 2.56. The summed E-state index contributed by atoms with van der Waals surface area (Å²) in [5.41, 5.74) is 1.71. The van der Waals surface area contributed by atoms with Crippen LogP contribution in [0.25, 0.3) is 0 Å². The van der Waals surface area contributed by atoms with Gasteiger partial charge in [-0.3, -0.25) is 4.90 Å². The van der Waals surface area contributed by atoms with Gasteiger partial charge in [0, 0.05) is 0 Å². The van der Waals surface area contributed by atoms with Crippen LogP contribution in [0.4, 0.5) is 0 Å². The molecular formula is C18H27NO+2. The highest BCUT2D eigenvalue weighted by Gasteiger charge is 2.51. The first-order valence-corrected chi connectivity index (χ1v) is 8.19. The molecule has 108 valence electrons. The molecule has 3 rings (SSSR count). The maximum absolute atomic E-state index is 5.45. The average molecular weight is 273 g/mol. The zero-order valence-corrected chi connectivity index (χ0v) is 12.7. The molecule has 20 heavy (non-hydrogen) atoms. The van der Waals surface area contributed by atoms with Crippen molar-refractivity contribution in [3.05, 3.63) is 36.2 Å². The van der Waals surface area contributed by atoms with Crippen molar-refractivity contribution < 1.29 is 9.64 Å². The van der Waals surface area contributed by atoms with Crippen LogP contribution in [0.5, 0.6) is 5.75 Å². The number of ether oxygens (including phenoxy) is 1. The van der Waals surface area contributed by atoms with Gasteiger partial charge < -0.3 is 4.74 Å². The molecule has 2 aliphatic rings. The summed E-state index contributed by atoms with van der Waals surface area (Å²) >= 11 is 0. The van der Waals surface area contributed by atoms with Crippen LogP contribution in [-0.2, 0) is 5.54 Å². The lowest BCUT2D eigenvalue weighted by Gasteiger charge is -2.39. The van der Waals surface area contributed by atoms with Gasteiger partial charge >= 0.3 is 0 Å². The summed E-state index contributed by atoms with van der Waals surface area (Å²) < 4.78 is 5.45. The molecule has 0 radical (unpaired) electrons. The molecule has 1 atom stereocenters. The van der Waals surface area contributed by atoms with Crippen LogP contribution in [0, 0.1) is 6.42 Å². The largest absolute Gasteiger partial charge is 0.497 e. The maximum Gasteiger partial charge on any atom is 0.254 e. The summed E-state index contributed by atoms with van der Waals surface area (Å²) in [5.74, 6) is 0.997. The third kappa shape index (κ3) is 2.54. The molecule has 0 bridgehead atoms. The van der Waals surface area contributed by atoms with Crippen molar-refractivity contribution in [2.45, 2.75) is 50.5 Å². The van der Waals surface area contributed by atoms with Crippen LogP contribution >= 0.6 is 0 Å². The molecule has 1 saturated heterocycles. The van der Waals surface area contributed by atoms with Gasteiger partial charge in [0.05, 0.1) is 38.6 Å². The van der Waals surface area contributed by atoms with E-state index in [9.17, 15) is 0 Å². The summed E-state index contributed by atoms with van der Waals surface area (Å²) in [6.45, 7) is 2.65. The predicted octanol–water partition coefficient (Wildman–Crippen LogP) is 2.74. The van der Waals surface area contributed by atoms with E-state index in [4.69, 9.17) is 4.74 Å². The zero-order valence-electron chi connectivity index (χ0n) is 12.7. The molecule has 1 saturated carbocycles. The Morgan fingerprint density at radius 2 is 1.95 bits per heavy atom. The molecule has 1 unspecified atom stereocenters. The molecule has 2 fully saturated rings. The van der Waals surface area contributed by atoms with Crippen molar-refractivity contribution in [3.63, 3.8) is 0 Å². The monoisotopic (exact) mass is 273 g/mol. The summed E-state index contributed by atoms with van der Waals surface area (Å²) in [5, 5.41) is 0. The molecule has 0 amide bonds. The Bertz CT molecular complexity index is 431. The molecule has 1 N–H and O–H groups in total. The minimum atomic E-state index is 0.243. The molecule has 1 heterocycles. The van der Waals surface area contributed by atoms with Crippen molar-refractivity contribution in [2.24, 2.45) is 0 Å². The molecule has 2 heteroatoms. The first-order chi connectivity index (χ1) is 9.85. The van der Waals surface area contributed by atoms with Crippen LogP contribution in [-0.4, -0.2) is 20.2 Å². The Kier molecular flexibility index (Phi) is 4.21. The van der Waals surface area contributed by atoms with E-state index in [0.29, 0.717) is 0 Å². The van der Waals surface area contributed by atoms with E-state index < -0.39 is 0 Å². The number of hydrogen-bond acceptors (Lipinski definition) is 1. The van der Waals surface area contributed by atoms with Gasteiger partial charge in [0.2, 0.25) is 0 Å². The first kappa shape index (κ1) is 13.8. The van der Waals surface area contributed by atoms with Gasteiger partial charge in [0.15, 0.2) is 0 Å². The Morgan fingerprint density at radius 3 is 2.65 bits per heavy atom. The summed E-state index contributed by atoms with van der Waals surface area (Å²) in [6.07, 6.45) is 12.1. The summed E-state index contributed by atoms with van der Waals surface area (Å²) in [6, 6.07) is 8.79. The Morgan fingerprint density at radius 1 is 1.10 bits per heavy atom. The van der Waals surface area contributed by atoms with E-state index >= 15 is 0 Å². The van der Waals surface area contributed by atoms with E-state index in [-0.39, 0.29) is 5.54 Å². The minimum absolute atomic E-state index is 0.243. The fourth-order valence-corrected chi connectivity index (χ4v) is 4.11. The summed E-state index contributed by atoms with van der Waals surface area (Å²) in [4.78, 5) is 1.79. The number of likely N-dealkylation sites (tertiary alicyclic amines) is 1. The van der Waals surface area contributed by atoms with Crippen LogP contribution in [0.2, 0.25) is 0 Å². The van der Waals surface area contributed by atoms with Gasteiger partial charge in [0.25, 0.3) is 5.54 Å². The van der Waals surface area contributed by atoms with Gasteiger partial charge in [-0.05, 0) is 50.3 Å². The van der Waals surface area contributed by atoms with Gasteiger partial charge in [-0.15, -0.1) is 0 Å². The Balaban J connectivity index is 1.95. The standard InChI is InChI=1S/C18H26NO/c1-20-17-10-8-9-16(15-17)18(11-4-2-5-12-18)19-13-6-3-7-14-19/h8-11,15H,2-7,12-14H2,1H3/q+1/p+1. The fraction of sp³-hybridized carbons (Fsp3) is 0.611. The van der Waals surface area contributed by atoms with Crippen LogP contribution in [0.1, 0.15) is 50.5 Å². The fourth-order valence-electron chi connectivity index (χ4n) is 4.11. The molecule has 1 aromatic carbocycles. The third-order valence-electron chi connectivity index (χ3n) is 5.19. The quantitative estimate of drug-likeness (QED) is 0.836. The van der Waals surface area contributed by atoms with Crippen molar-refractivity contribution in [1.82, 2.24) is 0 Å². The number of piperidine rings is 1. The molecule has 0 spiro atoms. The number of nitrogens with one attached hydrogen (secondary N) is 1. The van der Waals surface area contributed by atoms with Gasteiger partial charge in [0.1, 0.15) is 12.2 Å². The second-order valence-corrected chi connectivity index (χ2v) is 6.32. The Hall–Kier alpha value is -1.15. The van der Waals surface area contributed by atoms with Gasteiger partial charge in [-0.2, -0.15) is 0 Å². The molecular weight excluding hydrogens is 246 g/mol. The normalized spacial score (nSPS) is 27.9. The third-order valence-corrected chi connectivity index (χ3v) is 5.19. The van der Waals surface area contributed by atoms with E-state index in [1.165, 1.54) is 63.6 Å². The van der Waals surface area contributed by atoms with Crippen molar-refractivity contribution in [1.29, 1.82) is 0 Å². The minimum Gasteiger partial charge on any atom is -0.497 e. The van der Waals surface area contributed by atoms with E-state index in [1.807, 2.05) is 0 Å². The van der Waals surface area contributed by atoms with Crippen molar-refractivity contribution >= 4 is 0 Å². The lowest BCUT2D eigenvalue weighted by atomic mass is 9.74. The van der Waals surface area contributed by atoms with Crippen molar-refractivity contribution in [3.8, 4) is 5.75 Å². The highest BCUT2D eigenvalue weighted by atomic mass is 16.5. The molecule has 1 aromatic rings. The second-order valence-electron chi connectivity index (χ2n) is 6.32.